The summed E-state index contributed by atoms with van der Waals surface area (Å²) in [6, 6.07) is 0. The molecule has 0 amide bonds. The number of nitrogens with zero attached hydrogens (tertiary/aromatic N) is 2. The molecule has 2 heterocycles. The van der Waals surface area contributed by atoms with Crippen molar-refractivity contribution >= 4 is 22.8 Å². The van der Waals surface area contributed by atoms with Crippen LogP contribution in [0.25, 0.3) is 0 Å². The first-order valence-electron chi connectivity index (χ1n) is 6.47. The Hall–Kier alpha value is -0.900. The molecule has 0 radical (unpaired) electrons. The molecule has 4 heteroatoms. The van der Waals surface area contributed by atoms with E-state index in [4.69, 9.17) is 0 Å². The van der Waals surface area contributed by atoms with E-state index in [2.05, 4.69) is 9.88 Å². The fourth-order valence-corrected chi connectivity index (χ4v) is 4.06. The monoisotopic (exact) mass is 250 g/mol. The standard InChI is InChI=1S/C13H18N2OS/c16-10-11-9-14-12(17-11)15-7-5-13(6-8-15)3-1-2-4-13/h9-10H,1-8H2. The lowest BCUT2D eigenvalue weighted by molar-refractivity contribution is 0.112. The number of carbonyl (C=O) groups is 1. The Bertz CT molecular complexity index is 399. The molecule has 0 atom stereocenters. The van der Waals surface area contributed by atoms with E-state index >= 15 is 0 Å². The van der Waals surface area contributed by atoms with Gasteiger partial charge in [0.05, 0.1) is 11.1 Å². The fraction of sp³-hybridized carbons (Fsp3) is 0.692. The van der Waals surface area contributed by atoms with Gasteiger partial charge in [0.1, 0.15) is 0 Å². The lowest BCUT2D eigenvalue weighted by Crippen LogP contribution is -2.38. The van der Waals surface area contributed by atoms with Gasteiger partial charge in [0.2, 0.25) is 0 Å². The minimum atomic E-state index is 0.654. The van der Waals surface area contributed by atoms with Gasteiger partial charge in [-0.2, -0.15) is 0 Å². The van der Waals surface area contributed by atoms with E-state index in [1.807, 2.05) is 0 Å². The van der Waals surface area contributed by atoms with Crippen molar-refractivity contribution in [3.63, 3.8) is 0 Å². The van der Waals surface area contributed by atoms with Gasteiger partial charge in [0.25, 0.3) is 0 Å². The normalized spacial score (nSPS) is 23.2. The molecule has 0 aromatic carbocycles. The van der Waals surface area contributed by atoms with Gasteiger partial charge < -0.3 is 4.90 Å². The molecule has 1 aromatic rings. The highest BCUT2D eigenvalue weighted by atomic mass is 32.1. The number of aldehydes is 1. The first-order chi connectivity index (χ1) is 8.31. The number of hydrogen-bond donors (Lipinski definition) is 0. The molecule has 1 aromatic heterocycles. The Morgan fingerprint density at radius 1 is 1.24 bits per heavy atom. The zero-order valence-electron chi connectivity index (χ0n) is 10.0. The van der Waals surface area contributed by atoms with Crippen molar-refractivity contribution < 1.29 is 4.79 Å². The Labute approximate surface area is 106 Å². The van der Waals surface area contributed by atoms with Crippen LogP contribution in [0.3, 0.4) is 0 Å². The van der Waals surface area contributed by atoms with Gasteiger partial charge in [-0.15, -0.1) is 0 Å². The van der Waals surface area contributed by atoms with Crippen LogP contribution in [0, 0.1) is 5.41 Å². The first-order valence-corrected chi connectivity index (χ1v) is 7.29. The molecule has 0 bridgehead atoms. The molecule has 0 unspecified atom stereocenters. The Kier molecular flexibility index (Phi) is 2.90. The fourth-order valence-electron chi connectivity index (χ4n) is 3.27. The van der Waals surface area contributed by atoms with E-state index in [-0.39, 0.29) is 0 Å². The maximum atomic E-state index is 10.7. The highest BCUT2D eigenvalue weighted by molar-refractivity contribution is 7.17. The lowest BCUT2D eigenvalue weighted by atomic mass is 9.77. The van der Waals surface area contributed by atoms with Crippen LogP contribution in [0.2, 0.25) is 0 Å². The number of aromatic nitrogens is 1. The second-order valence-electron chi connectivity index (χ2n) is 5.36. The summed E-state index contributed by atoms with van der Waals surface area (Å²) in [5.41, 5.74) is 0.654. The molecular weight excluding hydrogens is 232 g/mol. The van der Waals surface area contributed by atoms with Gasteiger partial charge in [-0.25, -0.2) is 4.98 Å². The van der Waals surface area contributed by atoms with Crippen LogP contribution < -0.4 is 4.90 Å². The van der Waals surface area contributed by atoms with Crippen LogP contribution >= 0.6 is 11.3 Å². The number of anilines is 1. The van der Waals surface area contributed by atoms with E-state index in [1.54, 1.807) is 6.20 Å². The van der Waals surface area contributed by atoms with Crippen molar-refractivity contribution in [2.45, 2.75) is 38.5 Å². The molecule has 1 spiro atoms. The third-order valence-corrected chi connectivity index (χ3v) is 5.37. The molecule has 1 saturated heterocycles. The summed E-state index contributed by atoms with van der Waals surface area (Å²) in [5, 5.41) is 1.03. The third-order valence-electron chi connectivity index (χ3n) is 4.39. The van der Waals surface area contributed by atoms with Gasteiger partial charge in [-0.05, 0) is 31.1 Å². The predicted molar refractivity (Wildman–Crippen MR) is 69.8 cm³/mol. The van der Waals surface area contributed by atoms with Gasteiger partial charge in [0, 0.05) is 13.1 Å². The molecule has 0 N–H and O–H groups in total. The molecule has 1 aliphatic heterocycles. The molecule has 3 nitrogen and oxygen atoms in total. The zero-order chi connectivity index (χ0) is 11.7. The Balaban J connectivity index is 1.66. The summed E-state index contributed by atoms with van der Waals surface area (Å²) < 4.78 is 0. The summed E-state index contributed by atoms with van der Waals surface area (Å²) in [6.07, 6.45) is 10.9. The van der Waals surface area contributed by atoms with Gasteiger partial charge in [-0.1, -0.05) is 24.2 Å². The molecule has 1 aliphatic carbocycles. The number of hydrogen-bond acceptors (Lipinski definition) is 4. The quantitative estimate of drug-likeness (QED) is 0.756. The smallest absolute Gasteiger partial charge is 0.185 e. The minimum absolute atomic E-state index is 0.654. The Morgan fingerprint density at radius 3 is 2.53 bits per heavy atom. The average molecular weight is 250 g/mol. The zero-order valence-corrected chi connectivity index (χ0v) is 10.8. The maximum absolute atomic E-state index is 10.7. The summed E-state index contributed by atoms with van der Waals surface area (Å²) in [7, 11) is 0. The van der Waals surface area contributed by atoms with Crippen LogP contribution in [0.15, 0.2) is 6.20 Å². The SMILES string of the molecule is O=Cc1cnc(N2CCC3(CCCC3)CC2)s1. The summed E-state index contributed by atoms with van der Waals surface area (Å²) in [6.45, 7) is 2.23. The molecule has 1 saturated carbocycles. The van der Waals surface area contributed by atoms with E-state index in [0.29, 0.717) is 5.41 Å². The van der Waals surface area contributed by atoms with Crippen molar-refractivity contribution in [3.8, 4) is 0 Å². The summed E-state index contributed by atoms with van der Waals surface area (Å²) in [4.78, 5) is 18.1. The Morgan fingerprint density at radius 2 is 1.94 bits per heavy atom. The van der Waals surface area contributed by atoms with Crippen LogP contribution in [0.5, 0.6) is 0 Å². The van der Waals surface area contributed by atoms with Crippen LogP contribution in [-0.4, -0.2) is 24.4 Å². The second-order valence-corrected chi connectivity index (χ2v) is 6.40. The second kappa shape index (κ2) is 4.41. The number of carbonyl (C=O) groups excluding carboxylic acids is 1. The third kappa shape index (κ3) is 2.10. The average Bonchev–Trinajstić information content (AvgIpc) is 3.00. The van der Waals surface area contributed by atoms with E-state index in [1.165, 1.54) is 49.9 Å². The molecule has 17 heavy (non-hydrogen) atoms. The number of thiazole rings is 1. The summed E-state index contributed by atoms with van der Waals surface area (Å²) in [5.74, 6) is 0. The molecule has 2 fully saturated rings. The maximum Gasteiger partial charge on any atom is 0.185 e. The molecule has 3 rings (SSSR count). The highest BCUT2D eigenvalue weighted by Crippen LogP contribution is 2.46. The van der Waals surface area contributed by atoms with Crippen LogP contribution in [0.4, 0.5) is 5.13 Å². The van der Waals surface area contributed by atoms with E-state index < -0.39 is 0 Å². The van der Waals surface area contributed by atoms with Crippen molar-refractivity contribution in [2.24, 2.45) is 5.41 Å². The minimum Gasteiger partial charge on any atom is -0.348 e. The molecular formula is C13H18N2OS. The first kappa shape index (κ1) is 11.2. The van der Waals surface area contributed by atoms with Crippen LogP contribution in [0.1, 0.15) is 48.2 Å². The molecule has 2 aliphatic rings. The van der Waals surface area contributed by atoms with Crippen molar-refractivity contribution in [1.29, 1.82) is 0 Å². The topological polar surface area (TPSA) is 33.2 Å². The van der Waals surface area contributed by atoms with Gasteiger partial charge in [-0.3, -0.25) is 4.79 Å². The van der Waals surface area contributed by atoms with Crippen molar-refractivity contribution in [1.82, 2.24) is 4.98 Å². The van der Waals surface area contributed by atoms with Crippen molar-refractivity contribution in [3.05, 3.63) is 11.1 Å². The number of piperidine rings is 1. The van der Waals surface area contributed by atoms with E-state index in [0.717, 1.165) is 29.4 Å². The summed E-state index contributed by atoms with van der Waals surface area (Å²) >= 11 is 1.52. The van der Waals surface area contributed by atoms with Crippen molar-refractivity contribution in [2.75, 3.05) is 18.0 Å². The van der Waals surface area contributed by atoms with E-state index in [9.17, 15) is 4.79 Å². The lowest BCUT2D eigenvalue weighted by Gasteiger charge is -2.39. The van der Waals surface area contributed by atoms with Gasteiger partial charge >= 0.3 is 0 Å². The number of rotatable bonds is 2. The predicted octanol–water partition coefficient (Wildman–Crippen LogP) is 3.12. The van der Waals surface area contributed by atoms with Crippen LogP contribution in [-0.2, 0) is 0 Å². The molecule has 92 valence electrons. The van der Waals surface area contributed by atoms with Gasteiger partial charge in [0.15, 0.2) is 11.4 Å². The highest BCUT2D eigenvalue weighted by Gasteiger charge is 2.37. The largest absolute Gasteiger partial charge is 0.348 e.